The monoisotopic (exact) mass is 470 g/mol. The first-order chi connectivity index (χ1) is 15.6. The number of hydrogen-bond acceptors (Lipinski definition) is 3. The Labute approximate surface area is 193 Å². The Bertz CT molecular complexity index is 1390. The van der Waals surface area contributed by atoms with Gasteiger partial charge < -0.3 is 0 Å². The van der Waals surface area contributed by atoms with Gasteiger partial charge in [0, 0.05) is 18.1 Å². The van der Waals surface area contributed by atoms with Crippen LogP contribution in [-0.2, 0) is 15.6 Å². The summed E-state index contributed by atoms with van der Waals surface area (Å²) in [6, 6.07) is 19.7. The molecular formula is C27H21BrN2O. The van der Waals surface area contributed by atoms with E-state index >= 15 is 0 Å². The van der Waals surface area contributed by atoms with Crippen LogP contribution in [-0.4, -0.2) is 10.1 Å². The zero-order valence-corrected chi connectivity index (χ0v) is 19.0. The standard InChI is InChI=1S/C27H21BrN2O/c1-16(2)24-13-12-21(31)27(28)22(24)23(24,3)25(14-29)17-8-4-6-10-19(17)26(27,15-30)20-11-7-5-9-18(20)25/h4-13,16,22H,1-3H3/i12D,22D. The van der Waals surface area contributed by atoms with Crippen LogP contribution in [0.25, 0.3) is 0 Å². The summed E-state index contributed by atoms with van der Waals surface area (Å²) in [7, 11) is 0. The van der Waals surface area contributed by atoms with Crippen molar-refractivity contribution in [3.8, 4) is 12.1 Å². The van der Waals surface area contributed by atoms with Crippen molar-refractivity contribution in [1.29, 1.82) is 10.5 Å². The number of halogens is 1. The summed E-state index contributed by atoms with van der Waals surface area (Å²) in [5.74, 6) is -2.27. The van der Waals surface area contributed by atoms with Gasteiger partial charge in [-0.05, 0) is 34.2 Å². The van der Waals surface area contributed by atoms with Crippen LogP contribution in [0.15, 0.2) is 60.7 Å². The Hall–Kier alpha value is -2.69. The molecule has 5 aliphatic carbocycles. The minimum Gasteiger partial charge on any atom is -0.293 e. The number of carbonyl (C=O) groups is 1. The first kappa shape index (κ1) is 16.9. The molecule has 3 nitrogen and oxygen atoms in total. The second-order valence-corrected chi connectivity index (χ2v) is 10.8. The second-order valence-electron chi connectivity index (χ2n) is 9.61. The number of nitrogens with zero attached hydrogens (tertiary/aromatic N) is 2. The normalized spacial score (nSPS) is 46.3. The smallest absolute Gasteiger partial charge is 0.174 e. The number of carbonyl (C=O) groups excluding carboxylic acids is 1. The van der Waals surface area contributed by atoms with Crippen LogP contribution in [0.1, 0.15) is 45.8 Å². The molecule has 4 heteroatoms. The van der Waals surface area contributed by atoms with E-state index in [2.05, 4.69) is 28.1 Å². The molecule has 1 saturated carbocycles. The van der Waals surface area contributed by atoms with Gasteiger partial charge in [0.05, 0.1) is 13.5 Å². The highest BCUT2D eigenvalue weighted by Gasteiger charge is 2.93. The molecule has 2 bridgehead atoms. The van der Waals surface area contributed by atoms with Crippen LogP contribution in [0.3, 0.4) is 0 Å². The molecule has 0 aromatic heterocycles. The zero-order chi connectivity index (χ0) is 23.8. The van der Waals surface area contributed by atoms with E-state index in [1.54, 1.807) is 6.08 Å². The Morgan fingerprint density at radius 1 is 1.00 bits per heavy atom. The molecule has 1 fully saturated rings. The van der Waals surface area contributed by atoms with Crippen molar-refractivity contribution in [2.75, 3.05) is 0 Å². The fourth-order valence-corrected chi connectivity index (χ4v) is 8.97. The van der Waals surface area contributed by atoms with Crippen molar-refractivity contribution in [1.82, 2.24) is 0 Å². The highest BCUT2D eigenvalue weighted by molar-refractivity contribution is 9.10. The number of hydrogen-bond donors (Lipinski definition) is 0. The van der Waals surface area contributed by atoms with Gasteiger partial charge in [-0.25, -0.2) is 0 Å². The Kier molecular flexibility index (Phi) is 2.84. The van der Waals surface area contributed by atoms with Gasteiger partial charge in [0.25, 0.3) is 0 Å². The lowest BCUT2D eigenvalue weighted by atomic mass is 9.50. The molecule has 0 spiro atoms. The van der Waals surface area contributed by atoms with Crippen molar-refractivity contribution in [2.45, 2.75) is 35.9 Å². The molecule has 0 radical (unpaired) electrons. The summed E-state index contributed by atoms with van der Waals surface area (Å²) >= 11 is 3.78. The summed E-state index contributed by atoms with van der Waals surface area (Å²) in [5, 5.41) is 22.1. The number of rotatable bonds is 1. The highest BCUT2D eigenvalue weighted by Crippen LogP contribution is 2.90. The molecule has 5 aliphatic rings. The first-order valence-electron chi connectivity index (χ1n) is 11.5. The summed E-state index contributed by atoms with van der Waals surface area (Å²) in [6.45, 7) is 5.89. The third-order valence-electron chi connectivity index (χ3n) is 8.75. The summed E-state index contributed by atoms with van der Waals surface area (Å²) in [4.78, 5) is 14.1. The zero-order valence-electron chi connectivity index (χ0n) is 19.5. The molecule has 0 aliphatic heterocycles. The number of nitriles is 2. The van der Waals surface area contributed by atoms with E-state index in [1.807, 2.05) is 69.3 Å². The lowest BCUT2D eigenvalue weighted by Crippen LogP contribution is -2.58. The Balaban J connectivity index is 2.00. The van der Waals surface area contributed by atoms with Gasteiger partial charge in [0.1, 0.15) is 15.2 Å². The average Bonchev–Trinajstić information content (AvgIpc) is 3.30. The Morgan fingerprint density at radius 2 is 1.45 bits per heavy atom. The predicted octanol–water partition coefficient (Wildman–Crippen LogP) is 5.18. The number of ketones is 1. The van der Waals surface area contributed by atoms with E-state index < -0.39 is 37.7 Å². The molecule has 4 unspecified atom stereocenters. The van der Waals surface area contributed by atoms with Crippen LogP contribution < -0.4 is 0 Å². The van der Waals surface area contributed by atoms with Gasteiger partial charge in [-0.3, -0.25) is 4.79 Å². The molecule has 0 saturated heterocycles. The van der Waals surface area contributed by atoms with E-state index in [0.29, 0.717) is 22.3 Å². The van der Waals surface area contributed by atoms with E-state index in [9.17, 15) is 16.7 Å². The first-order valence-corrected chi connectivity index (χ1v) is 11.3. The minimum atomic E-state index is -1.74. The molecule has 0 N–H and O–H groups in total. The molecule has 7 rings (SSSR count). The van der Waals surface area contributed by atoms with E-state index in [-0.39, 0.29) is 12.0 Å². The molecule has 31 heavy (non-hydrogen) atoms. The van der Waals surface area contributed by atoms with E-state index in [0.717, 1.165) is 0 Å². The van der Waals surface area contributed by atoms with Crippen LogP contribution in [0.5, 0.6) is 0 Å². The predicted molar refractivity (Wildman–Crippen MR) is 120 cm³/mol. The van der Waals surface area contributed by atoms with Gasteiger partial charge in [-0.2, -0.15) is 10.5 Å². The summed E-state index contributed by atoms with van der Waals surface area (Å²) in [6.07, 6.45) is 1.63. The van der Waals surface area contributed by atoms with Crippen molar-refractivity contribution >= 4 is 21.7 Å². The fraction of sp³-hybridized carbons (Fsp3) is 0.370. The van der Waals surface area contributed by atoms with Crippen LogP contribution >= 0.6 is 15.9 Å². The fourth-order valence-electron chi connectivity index (χ4n) is 7.61. The van der Waals surface area contributed by atoms with Gasteiger partial charge >= 0.3 is 0 Å². The van der Waals surface area contributed by atoms with Gasteiger partial charge in [-0.1, -0.05) is 91.3 Å². The molecule has 4 atom stereocenters. The number of alkyl halides is 1. The molecule has 2 aromatic rings. The largest absolute Gasteiger partial charge is 0.293 e. The lowest BCUT2D eigenvalue weighted by molar-refractivity contribution is -0.118. The SMILES string of the molecule is [2H]C1=CC2(C(C)C)C3([2H])C(Br)(C1=O)C1(C#N)c4ccccc4C(C#N)(c4ccccc41)C23C. The average molecular weight is 471 g/mol. The van der Waals surface area contributed by atoms with E-state index in [1.165, 1.54) is 0 Å². The highest BCUT2D eigenvalue weighted by atomic mass is 79.9. The third kappa shape index (κ3) is 1.44. The maximum atomic E-state index is 14.1. The number of benzene rings is 2. The second kappa shape index (κ2) is 5.20. The van der Waals surface area contributed by atoms with Crippen molar-refractivity contribution in [2.24, 2.45) is 22.6 Å². The summed E-state index contributed by atoms with van der Waals surface area (Å²) < 4.78 is 17.1. The van der Waals surface area contributed by atoms with Crippen LogP contribution in [0.2, 0.25) is 0 Å². The van der Waals surface area contributed by atoms with Gasteiger partial charge in [-0.15, -0.1) is 0 Å². The van der Waals surface area contributed by atoms with Gasteiger partial charge in [0.15, 0.2) is 5.78 Å². The third-order valence-corrected chi connectivity index (χ3v) is 10.1. The molecule has 0 heterocycles. The topological polar surface area (TPSA) is 64.7 Å². The lowest BCUT2D eigenvalue weighted by Gasteiger charge is -2.51. The Morgan fingerprint density at radius 3 is 1.87 bits per heavy atom. The molecule has 2 aromatic carbocycles. The molecule has 152 valence electrons. The molecule has 0 amide bonds. The van der Waals surface area contributed by atoms with Crippen molar-refractivity contribution in [3.05, 3.63) is 82.9 Å². The van der Waals surface area contributed by atoms with Crippen LogP contribution in [0.4, 0.5) is 0 Å². The quantitative estimate of drug-likeness (QED) is 0.538. The van der Waals surface area contributed by atoms with Crippen molar-refractivity contribution < 1.29 is 7.54 Å². The van der Waals surface area contributed by atoms with E-state index in [4.69, 9.17) is 1.37 Å². The number of allylic oxidation sites excluding steroid dienone is 2. The van der Waals surface area contributed by atoms with Crippen LogP contribution in [0, 0.1) is 45.3 Å². The van der Waals surface area contributed by atoms with Gasteiger partial charge in [0.2, 0.25) is 0 Å². The minimum absolute atomic E-state index is 0.148. The molecular weight excluding hydrogens is 448 g/mol. The summed E-state index contributed by atoms with van der Waals surface area (Å²) in [5.41, 5.74) is -2.38. The van der Waals surface area contributed by atoms with Crippen molar-refractivity contribution in [3.63, 3.8) is 0 Å². The maximum Gasteiger partial charge on any atom is 0.174 e. The maximum absolute atomic E-state index is 14.1.